The number of nitrogens with zero attached hydrogens (tertiary/aromatic N) is 3. The molecule has 2 N–H and O–H groups in total. The molecule has 37 heavy (non-hydrogen) atoms. The maximum atomic E-state index is 13.1. The van der Waals surface area contributed by atoms with E-state index in [1.165, 1.54) is 29.4 Å². The predicted octanol–water partition coefficient (Wildman–Crippen LogP) is 3.38. The van der Waals surface area contributed by atoms with Gasteiger partial charge >= 0.3 is 0 Å². The quantitative estimate of drug-likeness (QED) is 0.505. The number of hydrogen-bond donors (Lipinski definition) is 2. The second-order valence-corrected chi connectivity index (χ2v) is 10.7. The number of anilines is 1. The number of nitrogens with one attached hydrogen (secondary N) is 2. The zero-order chi connectivity index (χ0) is 25.3. The van der Waals surface area contributed by atoms with Crippen LogP contribution in [0.2, 0.25) is 0 Å². The molecule has 9 heteroatoms. The van der Waals surface area contributed by atoms with Crippen LogP contribution in [-0.2, 0) is 9.59 Å². The van der Waals surface area contributed by atoms with Crippen LogP contribution >= 0.6 is 0 Å². The van der Waals surface area contributed by atoms with Crippen LogP contribution in [0.25, 0.3) is 10.9 Å². The zero-order valence-corrected chi connectivity index (χ0v) is 20.3. The van der Waals surface area contributed by atoms with Gasteiger partial charge in [-0.2, -0.15) is 5.10 Å². The number of para-hydroxylation sites is 1. The molecule has 1 saturated heterocycles. The summed E-state index contributed by atoms with van der Waals surface area (Å²) in [4.78, 5) is 50.7. The van der Waals surface area contributed by atoms with E-state index in [0.717, 1.165) is 30.0 Å². The molecule has 188 valence electrons. The Bertz CT molecular complexity index is 1480. The lowest BCUT2D eigenvalue weighted by molar-refractivity contribution is -0.136. The smallest absolute Gasteiger partial charge is 0.262 e. The number of rotatable bonds is 6. The van der Waals surface area contributed by atoms with Gasteiger partial charge in [0.25, 0.3) is 11.8 Å². The van der Waals surface area contributed by atoms with Gasteiger partial charge in [-0.25, -0.2) is 0 Å². The minimum Gasteiger partial charge on any atom is -0.385 e. The van der Waals surface area contributed by atoms with E-state index >= 15 is 0 Å². The second-order valence-electron chi connectivity index (χ2n) is 10.7. The number of fused-ring (bicyclic) bond motifs is 2. The molecule has 2 aliphatic carbocycles. The van der Waals surface area contributed by atoms with Crippen LogP contribution < -0.4 is 10.6 Å². The number of imide groups is 2. The lowest BCUT2D eigenvalue weighted by atomic mass is 9.80. The van der Waals surface area contributed by atoms with E-state index in [0.29, 0.717) is 29.0 Å². The van der Waals surface area contributed by atoms with Crippen LogP contribution in [0.1, 0.15) is 76.9 Å². The van der Waals surface area contributed by atoms with Gasteiger partial charge in [0.1, 0.15) is 6.04 Å². The van der Waals surface area contributed by atoms with Crippen LogP contribution in [0.4, 0.5) is 5.69 Å². The predicted molar refractivity (Wildman–Crippen MR) is 135 cm³/mol. The van der Waals surface area contributed by atoms with Crippen molar-refractivity contribution in [3.05, 3.63) is 59.3 Å². The summed E-state index contributed by atoms with van der Waals surface area (Å²) in [7, 11) is 0. The summed E-state index contributed by atoms with van der Waals surface area (Å²) < 4.78 is 2.22. The second kappa shape index (κ2) is 8.26. The fourth-order valence-corrected chi connectivity index (χ4v) is 5.96. The van der Waals surface area contributed by atoms with E-state index in [2.05, 4.69) is 39.6 Å². The van der Waals surface area contributed by atoms with Crippen LogP contribution in [0.3, 0.4) is 0 Å². The van der Waals surface area contributed by atoms with Gasteiger partial charge in [-0.3, -0.25) is 34.1 Å². The molecule has 0 spiro atoms. The summed E-state index contributed by atoms with van der Waals surface area (Å²) in [5, 5.41) is 11.9. The van der Waals surface area contributed by atoms with Crippen LogP contribution in [0.5, 0.6) is 0 Å². The Morgan fingerprint density at radius 1 is 0.946 bits per heavy atom. The molecule has 7 rings (SSSR count). The summed E-state index contributed by atoms with van der Waals surface area (Å²) in [5.74, 6) is -0.852. The number of amides is 4. The molecule has 3 aromatic rings. The Balaban J connectivity index is 1.01. The van der Waals surface area contributed by atoms with E-state index < -0.39 is 23.8 Å². The minimum atomic E-state index is -0.952. The van der Waals surface area contributed by atoms with Crippen molar-refractivity contribution in [2.75, 3.05) is 11.9 Å². The van der Waals surface area contributed by atoms with Crippen molar-refractivity contribution < 1.29 is 19.2 Å². The summed E-state index contributed by atoms with van der Waals surface area (Å²) in [6.45, 7) is 0.767. The first kappa shape index (κ1) is 22.2. The van der Waals surface area contributed by atoms with Gasteiger partial charge in [-0.05, 0) is 62.3 Å². The van der Waals surface area contributed by atoms with Crippen molar-refractivity contribution in [3.63, 3.8) is 0 Å². The third-order valence-corrected chi connectivity index (χ3v) is 8.20. The maximum Gasteiger partial charge on any atom is 0.262 e. The highest BCUT2D eigenvalue weighted by atomic mass is 16.2. The Kier molecular flexibility index (Phi) is 4.96. The summed E-state index contributed by atoms with van der Waals surface area (Å²) in [6.07, 6.45) is 4.80. The van der Waals surface area contributed by atoms with Gasteiger partial charge in [0, 0.05) is 30.0 Å². The van der Waals surface area contributed by atoms with Crippen molar-refractivity contribution in [1.82, 2.24) is 20.0 Å². The maximum absolute atomic E-state index is 13.1. The summed E-state index contributed by atoms with van der Waals surface area (Å²) in [6, 6.07) is 13.1. The molecule has 2 saturated carbocycles. The molecule has 4 amide bonds. The molecule has 2 aromatic carbocycles. The number of carbonyl (C=O) groups excluding carboxylic acids is 4. The molecule has 9 nitrogen and oxygen atoms in total. The van der Waals surface area contributed by atoms with Crippen molar-refractivity contribution in [1.29, 1.82) is 0 Å². The molecule has 4 aliphatic rings. The highest BCUT2D eigenvalue weighted by molar-refractivity contribution is 6.23. The first-order chi connectivity index (χ1) is 18.0. The number of benzene rings is 2. The number of piperidine rings is 1. The van der Waals surface area contributed by atoms with Crippen molar-refractivity contribution in [2.45, 2.75) is 56.5 Å². The van der Waals surface area contributed by atoms with Gasteiger partial charge in [0.2, 0.25) is 11.8 Å². The van der Waals surface area contributed by atoms with Gasteiger partial charge in [-0.1, -0.05) is 18.2 Å². The molecule has 0 radical (unpaired) electrons. The van der Waals surface area contributed by atoms with Gasteiger partial charge in [0.15, 0.2) is 0 Å². The molecule has 2 aliphatic heterocycles. The van der Waals surface area contributed by atoms with Crippen LogP contribution in [0, 0.1) is 5.92 Å². The van der Waals surface area contributed by atoms with Crippen molar-refractivity contribution >= 4 is 40.2 Å². The lowest BCUT2D eigenvalue weighted by Crippen LogP contribution is -2.54. The van der Waals surface area contributed by atoms with Crippen molar-refractivity contribution in [2.24, 2.45) is 5.92 Å². The van der Waals surface area contributed by atoms with Crippen LogP contribution in [-0.4, -0.2) is 50.9 Å². The summed E-state index contributed by atoms with van der Waals surface area (Å²) >= 11 is 0. The molecule has 0 bridgehead atoms. The number of hydrogen-bond acceptors (Lipinski definition) is 6. The average molecular weight is 498 g/mol. The minimum absolute atomic E-state index is 0.106. The largest absolute Gasteiger partial charge is 0.385 e. The van der Waals surface area contributed by atoms with Gasteiger partial charge in [-0.15, -0.1) is 0 Å². The Hall–Kier alpha value is -4.01. The van der Waals surface area contributed by atoms with E-state index in [1.807, 2.05) is 0 Å². The van der Waals surface area contributed by atoms with Crippen LogP contribution in [0.15, 0.2) is 42.5 Å². The Morgan fingerprint density at radius 3 is 2.51 bits per heavy atom. The van der Waals surface area contributed by atoms with Gasteiger partial charge < -0.3 is 5.32 Å². The number of aromatic nitrogens is 2. The third kappa shape index (κ3) is 3.63. The fraction of sp³-hybridized carbons (Fsp3) is 0.393. The highest BCUT2D eigenvalue weighted by Crippen LogP contribution is 2.45. The first-order valence-corrected chi connectivity index (χ1v) is 13.0. The monoisotopic (exact) mass is 497 g/mol. The third-order valence-electron chi connectivity index (χ3n) is 8.20. The molecule has 1 unspecified atom stereocenters. The molecule has 1 atom stereocenters. The highest BCUT2D eigenvalue weighted by Gasteiger charge is 2.44. The first-order valence-electron chi connectivity index (χ1n) is 13.0. The number of carbonyl (C=O) groups is 4. The van der Waals surface area contributed by atoms with E-state index in [4.69, 9.17) is 5.10 Å². The molecule has 1 aromatic heterocycles. The average Bonchev–Trinajstić information content (AvgIpc) is 3.60. The summed E-state index contributed by atoms with van der Waals surface area (Å²) in [5.41, 5.74) is 3.83. The molecule has 3 heterocycles. The topological polar surface area (TPSA) is 113 Å². The van der Waals surface area contributed by atoms with E-state index in [1.54, 1.807) is 18.2 Å². The van der Waals surface area contributed by atoms with Gasteiger partial charge in [0.05, 0.1) is 28.4 Å². The molecular weight excluding hydrogens is 470 g/mol. The fourth-order valence-electron chi connectivity index (χ4n) is 5.96. The zero-order valence-electron chi connectivity index (χ0n) is 20.3. The Labute approximate surface area is 213 Å². The van der Waals surface area contributed by atoms with E-state index in [-0.39, 0.29) is 18.7 Å². The molecular formula is C28H27N5O4. The van der Waals surface area contributed by atoms with E-state index in [9.17, 15) is 19.2 Å². The lowest BCUT2D eigenvalue weighted by Gasteiger charge is -2.36. The Morgan fingerprint density at radius 2 is 1.73 bits per heavy atom. The van der Waals surface area contributed by atoms with Crippen molar-refractivity contribution in [3.8, 4) is 0 Å². The standard InChI is InChI=1S/C28H27N5O4/c34-24-10-9-23(26(35)30-24)32-27(36)19-8-7-17(13-21(19)28(32)37)29-14-15-11-18(12-15)33-22-4-2-1-3-20(22)25(31-33)16-5-6-16/h1-4,7-8,13,15-16,18,23,29H,5-6,9-12,14H2,(H,30,34,35)/t15-,18-,23?. The normalized spacial score (nSPS) is 25.3. The SMILES string of the molecule is O=C1CCC(N2C(=O)c3ccc(NC[C@H]4C[C@H](n5nc(C6CC6)c6ccccc65)C4)cc3C2=O)C(=O)N1. The molecule has 3 fully saturated rings.